The van der Waals surface area contributed by atoms with Gasteiger partial charge in [-0.2, -0.15) is 0 Å². The first-order chi connectivity index (χ1) is 7.78. The second-order valence-electron chi connectivity index (χ2n) is 5.16. The van der Waals surface area contributed by atoms with Crippen LogP contribution in [0, 0.1) is 12.8 Å². The number of rotatable bonds is 5. The van der Waals surface area contributed by atoms with E-state index in [-0.39, 0.29) is 0 Å². The monoisotopic (exact) mass is 236 g/mol. The average Bonchev–Trinajstić information content (AvgIpc) is 3.13. The Morgan fingerprint density at radius 1 is 1.38 bits per heavy atom. The third-order valence-electron chi connectivity index (χ3n) is 3.60. The summed E-state index contributed by atoms with van der Waals surface area (Å²) in [6.07, 6.45) is 6.60. The molecule has 0 bridgehead atoms. The molecule has 0 aliphatic heterocycles. The summed E-state index contributed by atoms with van der Waals surface area (Å²) >= 11 is 1.91. The van der Waals surface area contributed by atoms with Gasteiger partial charge in [-0.05, 0) is 44.9 Å². The standard InChI is InChI=1S/C13H20N2S/c1-3-11-8(2)16-13(15-11)12(9-4-5-9)14-10-6-7-10/h9-10,12,14H,3-7H2,1-2H3. The first-order valence-electron chi connectivity index (χ1n) is 6.50. The van der Waals surface area contributed by atoms with Crippen molar-refractivity contribution >= 4 is 11.3 Å². The molecule has 3 rings (SSSR count). The van der Waals surface area contributed by atoms with Crippen LogP contribution in [0.2, 0.25) is 0 Å². The summed E-state index contributed by atoms with van der Waals surface area (Å²) in [5.41, 5.74) is 1.31. The van der Waals surface area contributed by atoms with Crippen molar-refractivity contribution in [2.75, 3.05) is 0 Å². The Morgan fingerprint density at radius 2 is 2.12 bits per heavy atom. The van der Waals surface area contributed by atoms with Crippen molar-refractivity contribution in [3.05, 3.63) is 15.6 Å². The van der Waals surface area contributed by atoms with E-state index in [4.69, 9.17) is 4.98 Å². The fourth-order valence-corrected chi connectivity index (χ4v) is 3.42. The van der Waals surface area contributed by atoms with Gasteiger partial charge in [0.05, 0.1) is 11.7 Å². The van der Waals surface area contributed by atoms with Gasteiger partial charge in [0, 0.05) is 10.9 Å². The normalized spacial score (nSPS) is 22.4. The minimum atomic E-state index is 0.566. The molecule has 3 heteroatoms. The van der Waals surface area contributed by atoms with Gasteiger partial charge in [0.2, 0.25) is 0 Å². The maximum atomic E-state index is 4.83. The molecule has 2 aliphatic rings. The van der Waals surface area contributed by atoms with Crippen molar-refractivity contribution in [2.45, 2.75) is 58.0 Å². The molecule has 88 valence electrons. The van der Waals surface area contributed by atoms with Crippen molar-refractivity contribution in [3.63, 3.8) is 0 Å². The summed E-state index contributed by atoms with van der Waals surface area (Å²) in [6, 6.07) is 1.36. The number of nitrogens with one attached hydrogen (secondary N) is 1. The molecule has 0 saturated heterocycles. The van der Waals surface area contributed by atoms with Gasteiger partial charge in [0.25, 0.3) is 0 Å². The molecule has 2 fully saturated rings. The maximum Gasteiger partial charge on any atom is 0.110 e. The first-order valence-corrected chi connectivity index (χ1v) is 7.31. The topological polar surface area (TPSA) is 24.9 Å². The quantitative estimate of drug-likeness (QED) is 0.849. The van der Waals surface area contributed by atoms with Crippen LogP contribution in [0.25, 0.3) is 0 Å². The van der Waals surface area contributed by atoms with E-state index < -0.39 is 0 Å². The Morgan fingerprint density at radius 3 is 2.62 bits per heavy atom. The van der Waals surface area contributed by atoms with Crippen LogP contribution in [-0.2, 0) is 6.42 Å². The zero-order valence-electron chi connectivity index (χ0n) is 10.1. The Bertz CT molecular complexity index is 377. The lowest BCUT2D eigenvalue weighted by Crippen LogP contribution is -2.25. The van der Waals surface area contributed by atoms with Crippen molar-refractivity contribution in [1.29, 1.82) is 0 Å². The number of aryl methyl sites for hydroxylation is 2. The zero-order chi connectivity index (χ0) is 11.1. The lowest BCUT2D eigenvalue weighted by molar-refractivity contribution is 0.475. The molecule has 0 amide bonds. The van der Waals surface area contributed by atoms with Crippen molar-refractivity contribution in [1.82, 2.24) is 10.3 Å². The van der Waals surface area contributed by atoms with Crippen molar-refractivity contribution < 1.29 is 0 Å². The van der Waals surface area contributed by atoms with Crippen LogP contribution >= 0.6 is 11.3 Å². The summed E-state index contributed by atoms with van der Waals surface area (Å²) in [5, 5.41) is 5.13. The molecule has 1 unspecified atom stereocenters. The summed E-state index contributed by atoms with van der Waals surface area (Å²) in [5.74, 6) is 0.871. The number of aromatic nitrogens is 1. The number of hydrogen-bond acceptors (Lipinski definition) is 3. The predicted octanol–water partition coefficient (Wildman–Crippen LogP) is 3.22. The van der Waals surface area contributed by atoms with Crippen LogP contribution in [0.15, 0.2) is 0 Å². The molecule has 1 aromatic rings. The largest absolute Gasteiger partial charge is 0.305 e. The Balaban J connectivity index is 1.79. The van der Waals surface area contributed by atoms with Gasteiger partial charge in [0.15, 0.2) is 0 Å². The lowest BCUT2D eigenvalue weighted by Gasteiger charge is -2.14. The highest BCUT2D eigenvalue weighted by atomic mass is 32.1. The number of nitrogens with zero attached hydrogens (tertiary/aromatic N) is 1. The summed E-state index contributed by atoms with van der Waals surface area (Å²) in [7, 11) is 0. The second kappa shape index (κ2) is 4.11. The fraction of sp³-hybridized carbons (Fsp3) is 0.769. The molecule has 16 heavy (non-hydrogen) atoms. The third-order valence-corrected chi connectivity index (χ3v) is 4.69. The molecule has 1 N–H and O–H groups in total. The van der Waals surface area contributed by atoms with E-state index in [0.29, 0.717) is 6.04 Å². The maximum absolute atomic E-state index is 4.83. The smallest absolute Gasteiger partial charge is 0.110 e. The first kappa shape index (κ1) is 10.7. The van der Waals surface area contributed by atoms with Gasteiger partial charge < -0.3 is 5.32 Å². The average molecular weight is 236 g/mol. The van der Waals surface area contributed by atoms with E-state index in [9.17, 15) is 0 Å². The molecule has 2 nitrogen and oxygen atoms in total. The van der Waals surface area contributed by atoms with Crippen LogP contribution in [0.5, 0.6) is 0 Å². The Labute approximate surface area is 101 Å². The summed E-state index contributed by atoms with van der Waals surface area (Å²) in [4.78, 5) is 6.24. The van der Waals surface area contributed by atoms with Crippen LogP contribution in [0.1, 0.15) is 54.2 Å². The summed E-state index contributed by atoms with van der Waals surface area (Å²) < 4.78 is 0. The molecule has 0 radical (unpaired) electrons. The van der Waals surface area contributed by atoms with Crippen molar-refractivity contribution in [3.8, 4) is 0 Å². The van der Waals surface area contributed by atoms with E-state index in [2.05, 4.69) is 19.2 Å². The molecule has 2 aliphatic carbocycles. The highest BCUT2D eigenvalue weighted by molar-refractivity contribution is 7.11. The highest BCUT2D eigenvalue weighted by Crippen LogP contribution is 2.44. The third kappa shape index (κ3) is 2.16. The zero-order valence-corrected chi connectivity index (χ0v) is 10.9. The van der Waals surface area contributed by atoms with Gasteiger partial charge in [-0.1, -0.05) is 6.92 Å². The molecular formula is C13H20N2S. The van der Waals surface area contributed by atoms with E-state index in [1.807, 2.05) is 11.3 Å². The van der Waals surface area contributed by atoms with Gasteiger partial charge in [-0.25, -0.2) is 4.98 Å². The Kier molecular flexibility index (Phi) is 2.76. The van der Waals surface area contributed by atoms with Crippen LogP contribution in [-0.4, -0.2) is 11.0 Å². The lowest BCUT2D eigenvalue weighted by atomic mass is 10.2. The predicted molar refractivity (Wildman–Crippen MR) is 67.9 cm³/mol. The van der Waals surface area contributed by atoms with Crippen LogP contribution < -0.4 is 5.32 Å². The van der Waals surface area contributed by atoms with Gasteiger partial charge in [0.1, 0.15) is 5.01 Å². The highest BCUT2D eigenvalue weighted by Gasteiger charge is 2.37. The minimum Gasteiger partial charge on any atom is -0.305 e. The fourth-order valence-electron chi connectivity index (χ4n) is 2.25. The van der Waals surface area contributed by atoms with E-state index in [1.165, 1.54) is 41.3 Å². The van der Waals surface area contributed by atoms with Crippen LogP contribution in [0.3, 0.4) is 0 Å². The second-order valence-corrected chi connectivity index (χ2v) is 6.40. The van der Waals surface area contributed by atoms with Crippen molar-refractivity contribution in [2.24, 2.45) is 5.92 Å². The molecule has 0 spiro atoms. The van der Waals surface area contributed by atoms with Crippen LogP contribution in [0.4, 0.5) is 0 Å². The van der Waals surface area contributed by atoms with Gasteiger partial charge >= 0.3 is 0 Å². The molecule has 0 aromatic carbocycles. The molecule has 1 heterocycles. The summed E-state index contributed by atoms with van der Waals surface area (Å²) in [6.45, 7) is 4.41. The number of thiazole rings is 1. The Hall–Kier alpha value is -0.410. The minimum absolute atomic E-state index is 0.566. The van der Waals surface area contributed by atoms with Gasteiger partial charge in [-0.15, -0.1) is 11.3 Å². The SMILES string of the molecule is CCc1nc(C(NC2CC2)C2CC2)sc1C. The number of hydrogen-bond donors (Lipinski definition) is 1. The molecule has 1 atom stereocenters. The molecular weight excluding hydrogens is 216 g/mol. The van der Waals surface area contributed by atoms with Gasteiger partial charge in [-0.3, -0.25) is 0 Å². The van der Waals surface area contributed by atoms with E-state index in [0.717, 1.165) is 18.4 Å². The molecule has 2 saturated carbocycles. The van der Waals surface area contributed by atoms with E-state index in [1.54, 1.807) is 0 Å². The van der Waals surface area contributed by atoms with E-state index >= 15 is 0 Å². The molecule has 1 aromatic heterocycles.